The van der Waals surface area contributed by atoms with Crippen LogP contribution in [0.5, 0.6) is 0 Å². The number of nitrogens with one attached hydrogen (secondary N) is 2. The number of carbonyl (C=O) groups is 2. The van der Waals surface area contributed by atoms with Crippen molar-refractivity contribution in [1.82, 2.24) is 20.2 Å². The molecule has 0 aliphatic carbocycles. The van der Waals surface area contributed by atoms with Crippen LogP contribution in [-0.4, -0.2) is 40.0 Å². The average Bonchev–Trinajstić information content (AvgIpc) is 3.25. The molecule has 0 fully saturated rings. The highest BCUT2D eigenvalue weighted by Gasteiger charge is 2.25. The second-order valence-electron chi connectivity index (χ2n) is 7.84. The van der Waals surface area contributed by atoms with E-state index in [1.807, 2.05) is 84.9 Å². The number of hydrogen-bond donors (Lipinski definition) is 2. The van der Waals surface area contributed by atoms with Crippen LogP contribution in [0.3, 0.4) is 0 Å². The van der Waals surface area contributed by atoms with Crippen molar-refractivity contribution in [2.45, 2.75) is 25.6 Å². The van der Waals surface area contributed by atoms with Crippen molar-refractivity contribution >= 4 is 23.0 Å². The fraction of sp³-hybridized carbons (Fsp3) is 0.192. The van der Waals surface area contributed by atoms with Crippen LogP contribution >= 0.6 is 0 Å². The van der Waals surface area contributed by atoms with Crippen LogP contribution in [0.15, 0.2) is 84.9 Å². The first kappa shape index (κ1) is 22.1. The highest BCUT2D eigenvalue weighted by Crippen LogP contribution is 2.13. The Morgan fingerprint density at radius 2 is 1.58 bits per heavy atom. The summed E-state index contributed by atoms with van der Waals surface area (Å²) in [5.41, 5.74) is 3.57. The van der Waals surface area contributed by atoms with E-state index < -0.39 is 12.1 Å². The molecular weight excluding hydrogens is 416 g/mol. The monoisotopic (exact) mass is 442 g/mol. The van der Waals surface area contributed by atoms with Gasteiger partial charge >= 0.3 is 6.09 Å². The maximum atomic E-state index is 13.3. The molecule has 0 radical (unpaired) electrons. The molecule has 0 saturated carbocycles. The zero-order valence-electron chi connectivity index (χ0n) is 18.4. The van der Waals surface area contributed by atoms with Gasteiger partial charge in [-0.15, -0.1) is 0 Å². The number of alkyl carbamates (subject to hydrolysis) is 1. The van der Waals surface area contributed by atoms with Gasteiger partial charge in [-0.2, -0.15) is 0 Å². The molecule has 0 bridgehead atoms. The Hall–Kier alpha value is -4.13. The van der Waals surface area contributed by atoms with Gasteiger partial charge in [0.2, 0.25) is 5.91 Å². The summed E-state index contributed by atoms with van der Waals surface area (Å²) in [4.78, 5) is 35.1. The van der Waals surface area contributed by atoms with E-state index in [4.69, 9.17) is 4.74 Å². The minimum Gasteiger partial charge on any atom is -0.445 e. The summed E-state index contributed by atoms with van der Waals surface area (Å²) in [5.74, 6) is 0.452. The van der Waals surface area contributed by atoms with E-state index in [1.165, 1.54) is 0 Å². The number of H-pyrrole nitrogens is 1. The summed E-state index contributed by atoms with van der Waals surface area (Å²) < 4.78 is 5.35. The van der Waals surface area contributed by atoms with Gasteiger partial charge in [0.25, 0.3) is 0 Å². The van der Waals surface area contributed by atoms with Crippen LogP contribution in [0.2, 0.25) is 0 Å². The molecule has 0 saturated heterocycles. The van der Waals surface area contributed by atoms with E-state index in [0.29, 0.717) is 18.8 Å². The predicted octanol–water partition coefficient (Wildman–Crippen LogP) is 4.06. The number of para-hydroxylation sites is 2. The Morgan fingerprint density at radius 1 is 0.939 bits per heavy atom. The third kappa shape index (κ3) is 5.98. The average molecular weight is 443 g/mol. The number of nitrogens with zero attached hydrogens (tertiary/aromatic N) is 2. The van der Waals surface area contributed by atoms with Crippen LogP contribution < -0.4 is 5.32 Å². The highest BCUT2D eigenvalue weighted by atomic mass is 16.5. The molecule has 0 aliphatic rings. The number of fused-ring (bicyclic) bond motifs is 1. The fourth-order valence-corrected chi connectivity index (χ4v) is 3.61. The molecule has 168 valence electrons. The summed E-state index contributed by atoms with van der Waals surface area (Å²) in [5, 5.41) is 2.75. The molecule has 33 heavy (non-hydrogen) atoms. The van der Waals surface area contributed by atoms with Crippen molar-refractivity contribution in [3.8, 4) is 0 Å². The minimum atomic E-state index is -0.773. The van der Waals surface area contributed by atoms with Gasteiger partial charge in [0, 0.05) is 13.5 Å². The number of ether oxygens (including phenoxy) is 1. The van der Waals surface area contributed by atoms with E-state index in [9.17, 15) is 9.59 Å². The number of amides is 2. The topological polar surface area (TPSA) is 87.3 Å². The lowest BCUT2D eigenvalue weighted by molar-refractivity contribution is -0.132. The standard InChI is InChI=1S/C26H26N4O3/c1-30(17-24-27-21-14-8-9-15-22(21)28-24)25(31)23(16-19-10-4-2-5-11-19)29-26(32)33-18-20-12-6-3-7-13-20/h2-15,23H,16-18H2,1H3,(H,27,28)(H,29,32)/t23-/m0/s1. The molecule has 1 aromatic heterocycles. The van der Waals surface area contributed by atoms with Gasteiger partial charge in [-0.3, -0.25) is 4.79 Å². The van der Waals surface area contributed by atoms with Gasteiger partial charge in [-0.25, -0.2) is 9.78 Å². The van der Waals surface area contributed by atoms with Crippen molar-refractivity contribution in [3.63, 3.8) is 0 Å². The Bertz CT molecular complexity index is 1170. The van der Waals surface area contributed by atoms with Crippen molar-refractivity contribution in [2.24, 2.45) is 0 Å². The second-order valence-corrected chi connectivity index (χ2v) is 7.84. The number of rotatable bonds is 8. The Balaban J connectivity index is 1.44. The maximum absolute atomic E-state index is 13.3. The molecular formula is C26H26N4O3. The first-order valence-electron chi connectivity index (χ1n) is 10.8. The summed E-state index contributed by atoms with van der Waals surface area (Å²) in [6.07, 6.45) is -0.282. The SMILES string of the molecule is CN(Cc1nc2ccccc2[nH]1)C(=O)[C@H](Cc1ccccc1)NC(=O)OCc1ccccc1. The minimum absolute atomic E-state index is 0.133. The Morgan fingerprint density at radius 3 is 2.27 bits per heavy atom. The van der Waals surface area contributed by atoms with Crippen LogP contribution in [0, 0.1) is 0 Å². The van der Waals surface area contributed by atoms with Crippen molar-refractivity contribution in [1.29, 1.82) is 0 Å². The van der Waals surface area contributed by atoms with E-state index >= 15 is 0 Å². The molecule has 1 heterocycles. The van der Waals surface area contributed by atoms with Crippen LogP contribution in [0.4, 0.5) is 4.79 Å². The van der Waals surface area contributed by atoms with Gasteiger partial charge in [0.15, 0.2) is 0 Å². The smallest absolute Gasteiger partial charge is 0.408 e. The number of imidazole rings is 1. The van der Waals surface area contributed by atoms with Gasteiger partial charge in [0.05, 0.1) is 17.6 Å². The van der Waals surface area contributed by atoms with Gasteiger partial charge in [0.1, 0.15) is 18.5 Å². The molecule has 4 aromatic rings. The lowest BCUT2D eigenvalue weighted by Crippen LogP contribution is -2.48. The number of carbonyl (C=O) groups excluding carboxylic acids is 2. The summed E-state index contributed by atoms with van der Waals surface area (Å²) in [7, 11) is 1.70. The largest absolute Gasteiger partial charge is 0.445 e. The normalized spacial score (nSPS) is 11.7. The fourth-order valence-electron chi connectivity index (χ4n) is 3.61. The third-order valence-corrected chi connectivity index (χ3v) is 5.29. The Labute approximate surface area is 192 Å². The maximum Gasteiger partial charge on any atom is 0.408 e. The molecule has 0 unspecified atom stereocenters. The first-order chi connectivity index (χ1) is 16.1. The molecule has 0 aliphatic heterocycles. The quantitative estimate of drug-likeness (QED) is 0.431. The van der Waals surface area contributed by atoms with Crippen LogP contribution in [-0.2, 0) is 29.1 Å². The van der Waals surface area contributed by atoms with E-state index in [0.717, 1.165) is 22.2 Å². The lowest BCUT2D eigenvalue weighted by Gasteiger charge is -2.24. The van der Waals surface area contributed by atoms with E-state index in [-0.39, 0.29) is 12.5 Å². The summed E-state index contributed by atoms with van der Waals surface area (Å²) >= 11 is 0. The van der Waals surface area contributed by atoms with Crippen LogP contribution in [0.1, 0.15) is 17.0 Å². The number of likely N-dealkylation sites (N-methyl/N-ethyl adjacent to an activating group) is 1. The zero-order valence-corrected chi connectivity index (χ0v) is 18.4. The summed E-state index contributed by atoms with van der Waals surface area (Å²) in [6.45, 7) is 0.424. The number of aromatic nitrogens is 2. The van der Waals surface area contributed by atoms with E-state index in [1.54, 1.807) is 11.9 Å². The molecule has 1 atom stereocenters. The lowest BCUT2D eigenvalue weighted by atomic mass is 10.1. The zero-order chi connectivity index (χ0) is 23.0. The molecule has 7 heteroatoms. The molecule has 0 spiro atoms. The number of hydrogen-bond acceptors (Lipinski definition) is 4. The van der Waals surface area contributed by atoms with Crippen molar-refractivity contribution in [2.75, 3.05) is 7.05 Å². The molecule has 4 rings (SSSR count). The molecule has 3 aromatic carbocycles. The highest BCUT2D eigenvalue weighted by molar-refractivity contribution is 5.86. The summed E-state index contributed by atoms with van der Waals surface area (Å²) in [6, 6.07) is 25.9. The molecule has 2 N–H and O–H groups in total. The van der Waals surface area contributed by atoms with Gasteiger partial charge in [-0.05, 0) is 23.3 Å². The molecule has 2 amide bonds. The van der Waals surface area contributed by atoms with Gasteiger partial charge in [-0.1, -0.05) is 72.8 Å². The molecule has 7 nitrogen and oxygen atoms in total. The predicted molar refractivity (Wildman–Crippen MR) is 126 cm³/mol. The number of aromatic amines is 1. The van der Waals surface area contributed by atoms with Crippen LogP contribution in [0.25, 0.3) is 11.0 Å². The third-order valence-electron chi connectivity index (χ3n) is 5.29. The second kappa shape index (κ2) is 10.5. The van der Waals surface area contributed by atoms with E-state index in [2.05, 4.69) is 15.3 Å². The van der Waals surface area contributed by atoms with Crippen molar-refractivity contribution in [3.05, 3.63) is 102 Å². The first-order valence-corrected chi connectivity index (χ1v) is 10.8. The van der Waals surface area contributed by atoms with Crippen molar-refractivity contribution < 1.29 is 14.3 Å². The number of benzene rings is 3. The Kier molecular flexibility index (Phi) is 6.99. The van der Waals surface area contributed by atoms with Gasteiger partial charge < -0.3 is 19.9 Å².